The van der Waals surface area contributed by atoms with Gasteiger partial charge in [-0.25, -0.2) is 9.98 Å². The van der Waals surface area contributed by atoms with E-state index in [4.69, 9.17) is 10.7 Å². The number of aryl methyl sites for hydroxylation is 1. The second kappa shape index (κ2) is 11.3. The first-order chi connectivity index (χ1) is 15.1. The van der Waals surface area contributed by atoms with Crippen LogP contribution in [0.2, 0.25) is 0 Å². The summed E-state index contributed by atoms with van der Waals surface area (Å²) in [5.74, 6) is 1.51. The van der Waals surface area contributed by atoms with Gasteiger partial charge in [-0.15, -0.1) is 0 Å². The van der Waals surface area contributed by atoms with Crippen LogP contribution in [0.15, 0.2) is 47.6 Å². The van der Waals surface area contributed by atoms with Crippen molar-refractivity contribution in [2.24, 2.45) is 16.6 Å². The van der Waals surface area contributed by atoms with E-state index < -0.39 is 0 Å². The van der Waals surface area contributed by atoms with Crippen molar-refractivity contribution in [2.45, 2.75) is 46.2 Å². The molecule has 7 nitrogen and oxygen atoms in total. The number of nitrogens with zero attached hydrogens (tertiary/aromatic N) is 3. The molecule has 1 saturated heterocycles. The molecule has 1 aromatic heterocycles. The van der Waals surface area contributed by atoms with Crippen LogP contribution < -0.4 is 21.3 Å². The molecule has 166 valence electrons. The first kappa shape index (κ1) is 22.6. The first-order valence-electron chi connectivity index (χ1n) is 11.2. The average molecular weight is 423 g/mol. The lowest BCUT2D eigenvalue weighted by Gasteiger charge is -2.32. The van der Waals surface area contributed by atoms with Gasteiger partial charge in [-0.3, -0.25) is 4.79 Å². The highest BCUT2D eigenvalue weighted by molar-refractivity contribution is 5.80. The van der Waals surface area contributed by atoms with Crippen LogP contribution in [0, 0.1) is 5.92 Å². The molecular formula is C24H34N6O. The van der Waals surface area contributed by atoms with E-state index >= 15 is 0 Å². The highest BCUT2D eigenvalue weighted by atomic mass is 16.1. The fourth-order valence-electron chi connectivity index (χ4n) is 3.97. The summed E-state index contributed by atoms with van der Waals surface area (Å²) in [6.07, 6.45) is 4.37. The summed E-state index contributed by atoms with van der Waals surface area (Å²) in [7, 11) is 0. The molecule has 31 heavy (non-hydrogen) atoms. The molecule has 0 spiro atoms. The molecule has 7 heteroatoms. The van der Waals surface area contributed by atoms with Gasteiger partial charge in [0.1, 0.15) is 5.82 Å². The Kier molecular flexibility index (Phi) is 8.27. The number of rotatable bonds is 8. The Bertz CT molecular complexity index is 889. The zero-order valence-corrected chi connectivity index (χ0v) is 18.6. The lowest BCUT2D eigenvalue weighted by atomic mass is 9.96. The zero-order chi connectivity index (χ0) is 22.1. The molecule has 0 saturated carbocycles. The Morgan fingerprint density at radius 3 is 2.48 bits per heavy atom. The minimum absolute atomic E-state index is 0.0306. The summed E-state index contributed by atoms with van der Waals surface area (Å²) in [5, 5.41) is 6.78. The number of hydrogen-bond donors (Lipinski definition) is 3. The van der Waals surface area contributed by atoms with Crippen molar-refractivity contribution < 1.29 is 4.79 Å². The maximum absolute atomic E-state index is 11.5. The smallest absolute Gasteiger partial charge is 0.220 e. The second-order valence-electron chi connectivity index (χ2n) is 7.82. The van der Waals surface area contributed by atoms with E-state index in [9.17, 15) is 4.79 Å². The van der Waals surface area contributed by atoms with Gasteiger partial charge in [0.2, 0.25) is 5.91 Å². The molecule has 1 fully saturated rings. The molecule has 1 aliphatic rings. The van der Waals surface area contributed by atoms with Crippen LogP contribution in [0.3, 0.4) is 0 Å². The summed E-state index contributed by atoms with van der Waals surface area (Å²) < 4.78 is 0. The van der Waals surface area contributed by atoms with Gasteiger partial charge < -0.3 is 21.3 Å². The number of pyridine rings is 1. The number of nitrogens with two attached hydrogens (primary N) is 1. The van der Waals surface area contributed by atoms with Crippen molar-refractivity contribution in [3.63, 3.8) is 0 Å². The number of hydrogen-bond acceptors (Lipinski definition) is 4. The van der Waals surface area contributed by atoms with E-state index in [1.807, 2.05) is 12.3 Å². The van der Waals surface area contributed by atoms with Crippen LogP contribution in [0.1, 0.15) is 43.4 Å². The number of benzene rings is 1. The van der Waals surface area contributed by atoms with Crippen molar-refractivity contribution in [1.82, 2.24) is 15.6 Å². The summed E-state index contributed by atoms with van der Waals surface area (Å²) in [5.41, 5.74) is 9.18. The van der Waals surface area contributed by atoms with E-state index in [1.54, 1.807) is 0 Å². The summed E-state index contributed by atoms with van der Waals surface area (Å²) >= 11 is 0. The van der Waals surface area contributed by atoms with Gasteiger partial charge in [0.15, 0.2) is 5.96 Å². The van der Waals surface area contributed by atoms with Crippen molar-refractivity contribution in [1.29, 1.82) is 0 Å². The number of aromatic nitrogens is 1. The van der Waals surface area contributed by atoms with E-state index in [-0.39, 0.29) is 11.8 Å². The standard InChI is InChI=1S/C24H34N6O/c1-3-18-8-5-6-9-20(18)16-28-24(26-4-2)29-17-21-10-7-13-27-23(21)30-14-11-19(12-15-30)22(25)31/h5-10,13,19H,3-4,11-12,14-17H2,1-2H3,(H2,25,31)(H2,26,28,29). The molecular weight excluding hydrogens is 388 g/mol. The molecule has 0 aliphatic carbocycles. The molecule has 0 radical (unpaired) electrons. The number of carbonyl (C=O) groups is 1. The number of amides is 1. The number of anilines is 1. The quantitative estimate of drug-likeness (QED) is 0.449. The van der Waals surface area contributed by atoms with Gasteiger partial charge in [0.05, 0.1) is 6.54 Å². The number of carbonyl (C=O) groups excluding carboxylic acids is 1. The SMILES string of the molecule is CCNC(=NCc1cccnc1N1CCC(C(N)=O)CC1)NCc1ccccc1CC. The van der Waals surface area contributed by atoms with Gasteiger partial charge in [0.25, 0.3) is 0 Å². The van der Waals surface area contributed by atoms with Crippen LogP contribution in [0.5, 0.6) is 0 Å². The monoisotopic (exact) mass is 422 g/mol. The normalized spacial score (nSPS) is 15.0. The zero-order valence-electron chi connectivity index (χ0n) is 18.6. The predicted octanol–water partition coefficient (Wildman–Crippen LogP) is 2.60. The number of primary amides is 1. The Morgan fingerprint density at radius 2 is 1.81 bits per heavy atom. The number of nitrogens with one attached hydrogen (secondary N) is 2. The van der Waals surface area contributed by atoms with Gasteiger partial charge in [-0.2, -0.15) is 0 Å². The van der Waals surface area contributed by atoms with Crippen molar-refractivity contribution >= 4 is 17.7 Å². The Morgan fingerprint density at radius 1 is 1.10 bits per heavy atom. The average Bonchev–Trinajstić information content (AvgIpc) is 2.81. The van der Waals surface area contributed by atoms with Gasteiger partial charge >= 0.3 is 0 Å². The number of piperidine rings is 1. The Balaban J connectivity index is 1.68. The van der Waals surface area contributed by atoms with Crippen LogP contribution in [-0.2, 0) is 24.3 Å². The lowest BCUT2D eigenvalue weighted by Crippen LogP contribution is -2.39. The molecule has 2 heterocycles. The fraction of sp³-hybridized carbons (Fsp3) is 0.458. The van der Waals surface area contributed by atoms with Crippen molar-refractivity contribution in [3.05, 3.63) is 59.3 Å². The predicted molar refractivity (Wildman–Crippen MR) is 126 cm³/mol. The third kappa shape index (κ3) is 6.20. The van der Waals surface area contributed by atoms with E-state index in [1.165, 1.54) is 11.1 Å². The van der Waals surface area contributed by atoms with E-state index in [2.05, 4.69) is 64.7 Å². The minimum Gasteiger partial charge on any atom is -0.369 e. The maximum Gasteiger partial charge on any atom is 0.220 e. The first-order valence-corrected chi connectivity index (χ1v) is 11.2. The lowest BCUT2D eigenvalue weighted by molar-refractivity contribution is -0.122. The van der Waals surface area contributed by atoms with Crippen LogP contribution >= 0.6 is 0 Å². The highest BCUT2D eigenvalue weighted by Crippen LogP contribution is 2.25. The van der Waals surface area contributed by atoms with Gasteiger partial charge in [-0.1, -0.05) is 37.3 Å². The van der Waals surface area contributed by atoms with Gasteiger partial charge in [-0.05, 0) is 43.4 Å². The molecule has 0 bridgehead atoms. The van der Waals surface area contributed by atoms with E-state index in [0.29, 0.717) is 6.54 Å². The number of aliphatic imine (C=N–C) groups is 1. The van der Waals surface area contributed by atoms with Crippen LogP contribution in [0.25, 0.3) is 0 Å². The third-order valence-electron chi connectivity index (χ3n) is 5.76. The maximum atomic E-state index is 11.5. The Labute approximate surface area is 185 Å². The van der Waals surface area contributed by atoms with Crippen LogP contribution in [-0.4, -0.2) is 36.5 Å². The molecule has 2 aromatic rings. The largest absolute Gasteiger partial charge is 0.369 e. The van der Waals surface area contributed by atoms with Gasteiger partial charge in [0, 0.05) is 43.9 Å². The number of guanidine groups is 1. The fourth-order valence-corrected chi connectivity index (χ4v) is 3.97. The topological polar surface area (TPSA) is 95.6 Å². The molecule has 0 unspecified atom stereocenters. The van der Waals surface area contributed by atoms with Crippen molar-refractivity contribution in [3.8, 4) is 0 Å². The molecule has 3 rings (SSSR count). The second-order valence-corrected chi connectivity index (χ2v) is 7.82. The van der Waals surface area contributed by atoms with E-state index in [0.717, 1.165) is 62.8 Å². The molecule has 4 N–H and O–H groups in total. The summed E-state index contributed by atoms with van der Waals surface area (Å²) in [4.78, 5) is 23.1. The molecule has 1 aliphatic heterocycles. The third-order valence-corrected chi connectivity index (χ3v) is 5.76. The Hall–Kier alpha value is -3.09. The molecule has 1 amide bonds. The minimum atomic E-state index is -0.198. The highest BCUT2D eigenvalue weighted by Gasteiger charge is 2.24. The summed E-state index contributed by atoms with van der Waals surface area (Å²) in [6, 6.07) is 12.5. The summed E-state index contributed by atoms with van der Waals surface area (Å²) in [6.45, 7) is 7.87. The van der Waals surface area contributed by atoms with Crippen LogP contribution in [0.4, 0.5) is 5.82 Å². The van der Waals surface area contributed by atoms with Crippen molar-refractivity contribution in [2.75, 3.05) is 24.5 Å². The molecule has 1 aromatic carbocycles. The molecule has 0 atom stereocenters.